The topological polar surface area (TPSA) is 89.7 Å². The summed E-state index contributed by atoms with van der Waals surface area (Å²) in [5.41, 5.74) is 1.07. The lowest BCUT2D eigenvalue weighted by molar-refractivity contribution is -0.142. The van der Waals surface area contributed by atoms with Gasteiger partial charge in [0.25, 0.3) is 5.90 Å². The van der Waals surface area contributed by atoms with Gasteiger partial charge >= 0.3 is 5.97 Å². The van der Waals surface area contributed by atoms with E-state index in [9.17, 15) is 4.79 Å². The number of carboxylic acids is 1. The number of hydrogen-bond donors (Lipinski definition) is 1. The van der Waals surface area contributed by atoms with Crippen molar-refractivity contribution < 1.29 is 24.3 Å². The fourth-order valence-electron chi connectivity index (χ4n) is 1.41. The van der Waals surface area contributed by atoms with Gasteiger partial charge in [0.2, 0.25) is 6.61 Å². The van der Waals surface area contributed by atoms with Gasteiger partial charge in [-0.3, -0.25) is 0 Å². The first-order chi connectivity index (χ1) is 8.72. The minimum Gasteiger partial charge on any atom is -0.479 e. The van der Waals surface area contributed by atoms with Gasteiger partial charge in [-0.1, -0.05) is 17.3 Å². The number of fused-ring (bicyclic) bond motifs is 1. The van der Waals surface area contributed by atoms with Crippen LogP contribution >= 0.6 is 0 Å². The first-order valence-corrected chi connectivity index (χ1v) is 5.03. The summed E-state index contributed by atoms with van der Waals surface area (Å²) in [4.78, 5) is 19.6. The number of carbonyl (C=O) groups is 1. The molecule has 7 heteroatoms. The molecular formula is C11H10N2O5. The minimum absolute atomic E-state index is 0.0688. The van der Waals surface area contributed by atoms with Crippen molar-refractivity contribution in [2.45, 2.75) is 0 Å². The van der Waals surface area contributed by atoms with Gasteiger partial charge in [0.15, 0.2) is 5.71 Å². The van der Waals surface area contributed by atoms with Crippen LogP contribution in [0.5, 0.6) is 5.75 Å². The first kappa shape index (κ1) is 11.9. The van der Waals surface area contributed by atoms with Crippen molar-refractivity contribution >= 4 is 17.6 Å². The third kappa shape index (κ3) is 2.40. The van der Waals surface area contributed by atoms with Gasteiger partial charge in [0, 0.05) is 0 Å². The molecule has 0 aliphatic carbocycles. The Morgan fingerprint density at radius 3 is 2.89 bits per heavy atom. The Morgan fingerprint density at radius 1 is 1.39 bits per heavy atom. The van der Waals surface area contributed by atoms with Crippen LogP contribution in [-0.4, -0.2) is 36.4 Å². The fraction of sp³-hybridized carbons (Fsp3) is 0.182. The Bertz CT molecular complexity index is 524. The standard InChI is InChI=1S/C11H10N2O5/c1-16-12-10-7-4-2-3-5-8(7)18-11(10)13-17-6-9(14)15/h2-5H,6H2,1H3,(H,14,15). The maximum absolute atomic E-state index is 10.3. The Labute approximate surface area is 102 Å². The summed E-state index contributed by atoms with van der Waals surface area (Å²) in [6, 6.07) is 7.13. The van der Waals surface area contributed by atoms with Gasteiger partial charge in [-0.05, 0) is 17.3 Å². The third-order valence-electron chi connectivity index (χ3n) is 2.07. The van der Waals surface area contributed by atoms with Crippen LogP contribution in [0.25, 0.3) is 0 Å². The van der Waals surface area contributed by atoms with E-state index in [1.54, 1.807) is 18.2 Å². The van der Waals surface area contributed by atoms with Crippen molar-refractivity contribution in [3.05, 3.63) is 29.8 Å². The second-order valence-electron chi connectivity index (χ2n) is 3.28. The van der Waals surface area contributed by atoms with Crippen molar-refractivity contribution in [1.29, 1.82) is 0 Å². The second-order valence-corrected chi connectivity index (χ2v) is 3.28. The molecule has 0 bridgehead atoms. The summed E-state index contributed by atoms with van der Waals surface area (Å²) >= 11 is 0. The molecule has 1 aliphatic heterocycles. The highest BCUT2D eigenvalue weighted by Crippen LogP contribution is 2.26. The van der Waals surface area contributed by atoms with E-state index in [0.29, 0.717) is 17.0 Å². The SMILES string of the molecule is CON=C1C(=NOCC(=O)O)Oc2ccccc21. The zero-order valence-corrected chi connectivity index (χ0v) is 9.49. The molecule has 0 saturated carbocycles. The van der Waals surface area contributed by atoms with Gasteiger partial charge in [-0.25, -0.2) is 4.79 Å². The lowest BCUT2D eigenvalue weighted by atomic mass is 10.1. The molecule has 1 heterocycles. The van der Waals surface area contributed by atoms with Crippen molar-refractivity contribution in [3.8, 4) is 5.75 Å². The Morgan fingerprint density at radius 2 is 2.17 bits per heavy atom. The molecule has 0 fully saturated rings. The maximum Gasteiger partial charge on any atom is 0.344 e. The molecule has 18 heavy (non-hydrogen) atoms. The number of rotatable bonds is 4. The molecule has 1 N–H and O–H groups in total. The van der Waals surface area contributed by atoms with E-state index < -0.39 is 12.6 Å². The van der Waals surface area contributed by atoms with Crippen molar-refractivity contribution in [2.75, 3.05) is 13.7 Å². The Hall–Kier alpha value is -2.57. The van der Waals surface area contributed by atoms with Crippen LogP contribution in [0.15, 0.2) is 34.6 Å². The number of carboxylic acid groups (broad SMARTS) is 1. The number of oxime groups is 2. The fourth-order valence-corrected chi connectivity index (χ4v) is 1.41. The average molecular weight is 250 g/mol. The molecule has 0 aromatic heterocycles. The normalized spacial score (nSPS) is 17.4. The molecule has 7 nitrogen and oxygen atoms in total. The Kier molecular flexibility index (Phi) is 3.42. The largest absolute Gasteiger partial charge is 0.479 e. The van der Waals surface area contributed by atoms with Crippen LogP contribution in [0, 0.1) is 0 Å². The summed E-state index contributed by atoms with van der Waals surface area (Å²) in [5.74, 6) is -0.495. The smallest absolute Gasteiger partial charge is 0.344 e. The minimum atomic E-state index is -1.12. The molecule has 0 spiro atoms. The predicted octanol–water partition coefficient (Wildman–Crippen LogP) is 0.844. The van der Waals surface area contributed by atoms with Gasteiger partial charge in [-0.2, -0.15) is 0 Å². The lowest BCUT2D eigenvalue weighted by Crippen LogP contribution is -2.15. The highest BCUT2D eigenvalue weighted by Gasteiger charge is 2.28. The van der Waals surface area contributed by atoms with E-state index >= 15 is 0 Å². The van der Waals surface area contributed by atoms with E-state index in [-0.39, 0.29) is 5.90 Å². The molecule has 0 atom stereocenters. The number of benzene rings is 1. The van der Waals surface area contributed by atoms with Crippen LogP contribution in [0.3, 0.4) is 0 Å². The van der Waals surface area contributed by atoms with Crippen LogP contribution in [0.1, 0.15) is 5.56 Å². The van der Waals surface area contributed by atoms with E-state index in [2.05, 4.69) is 15.1 Å². The predicted molar refractivity (Wildman–Crippen MR) is 61.6 cm³/mol. The average Bonchev–Trinajstić information content (AvgIpc) is 2.68. The summed E-state index contributed by atoms with van der Waals surface area (Å²) in [7, 11) is 1.39. The molecule has 0 unspecified atom stereocenters. The van der Waals surface area contributed by atoms with E-state index in [4.69, 9.17) is 14.7 Å². The highest BCUT2D eigenvalue weighted by atomic mass is 16.7. The zero-order valence-electron chi connectivity index (χ0n) is 9.49. The summed E-state index contributed by atoms with van der Waals surface area (Å²) in [6.45, 7) is -0.552. The van der Waals surface area contributed by atoms with E-state index in [1.807, 2.05) is 6.07 Å². The number of hydrogen-bond acceptors (Lipinski definition) is 6. The second kappa shape index (κ2) is 5.17. The molecule has 1 aliphatic rings. The molecule has 1 aromatic carbocycles. The van der Waals surface area contributed by atoms with Gasteiger partial charge in [-0.15, -0.1) is 0 Å². The molecule has 0 amide bonds. The summed E-state index contributed by atoms with van der Waals surface area (Å²) < 4.78 is 5.38. The van der Waals surface area contributed by atoms with E-state index in [0.717, 1.165) is 0 Å². The van der Waals surface area contributed by atoms with Crippen LogP contribution in [0.2, 0.25) is 0 Å². The molecule has 0 saturated heterocycles. The summed E-state index contributed by atoms with van der Waals surface area (Å²) in [6.07, 6.45) is 0. The number of ether oxygens (including phenoxy) is 1. The molecule has 0 radical (unpaired) electrons. The van der Waals surface area contributed by atoms with Gasteiger partial charge in [0.05, 0.1) is 5.56 Å². The first-order valence-electron chi connectivity index (χ1n) is 5.03. The lowest BCUT2D eigenvalue weighted by Gasteiger charge is -1.98. The molecule has 94 valence electrons. The number of para-hydroxylation sites is 1. The number of nitrogens with zero attached hydrogens (tertiary/aromatic N) is 2. The van der Waals surface area contributed by atoms with Crippen LogP contribution in [-0.2, 0) is 14.5 Å². The third-order valence-corrected chi connectivity index (χ3v) is 2.07. The monoisotopic (exact) mass is 250 g/mol. The highest BCUT2D eigenvalue weighted by molar-refractivity contribution is 6.48. The maximum atomic E-state index is 10.3. The zero-order chi connectivity index (χ0) is 13.0. The van der Waals surface area contributed by atoms with Crippen molar-refractivity contribution in [2.24, 2.45) is 10.3 Å². The van der Waals surface area contributed by atoms with Crippen LogP contribution < -0.4 is 4.74 Å². The molecule has 1 aromatic rings. The molecule has 2 rings (SSSR count). The quantitative estimate of drug-likeness (QED) is 0.800. The molecular weight excluding hydrogens is 240 g/mol. The van der Waals surface area contributed by atoms with Gasteiger partial charge < -0.3 is 19.5 Å². The Balaban J connectivity index is 2.24. The van der Waals surface area contributed by atoms with Gasteiger partial charge in [0.1, 0.15) is 12.9 Å². The number of aliphatic carboxylic acids is 1. The van der Waals surface area contributed by atoms with Crippen molar-refractivity contribution in [3.63, 3.8) is 0 Å². The van der Waals surface area contributed by atoms with Crippen molar-refractivity contribution in [1.82, 2.24) is 0 Å². The van der Waals surface area contributed by atoms with Crippen LogP contribution in [0.4, 0.5) is 0 Å². The summed E-state index contributed by atoms with van der Waals surface area (Å²) in [5, 5.41) is 15.8. The van der Waals surface area contributed by atoms with E-state index in [1.165, 1.54) is 7.11 Å².